The number of ether oxygens (including phenoxy) is 1. The zero-order chi connectivity index (χ0) is 21.7. The van der Waals surface area contributed by atoms with E-state index in [0.29, 0.717) is 18.8 Å². The molecule has 1 saturated heterocycles. The van der Waals surface area contributed by atoms with Crippen LogP contribution in [0.5, 0.6) is 5.75 Å². The number of anilines is 1. The second-order valence-electron chi connectivity index (χ2n) is 7.61. The largest absolute Gasteiger partial charge is 0.489 e. The summed E-state index contributed by atoms with van der Waals surface area (Å²) < 4.78 is 47.1. The fourth-order valence-corrected chi connectivity index (χ4v) is 4.93. The van der Waals surface area contributed by atoms with Crippen LogP contribution >= 0.6 is 0 Å². The zero-order valence-electron chi connectivity index (χ0n) is 17.2. The van der Waals surface area contributed by atoms with E-state index in [1.807, 2.05) is 13.8 Å². The summed E-state index contributed by atoms with van der Waals surface area (Å²) in [5.41, 5.74) is 0.515. The predicted octanol–water partition coefficient (Wildman–Crippen LogP) is 3.97. The van der Waals surface area contributed by atoms with E-state index in [1.54, 1.807) is 18.2 Å². The number of piperidine rings is 1. The Labute approximate surface area is 177 Å². The SMILES string of the molecule is CC(C)Oc1ccc(S(=O)(=O)N2CCCCC2)cc1NC(=O)Cc1ccccc1F. The van der Waals surface area contributed by atoms with E-state index in [-0.39, 0.29) is 28.7 Å². The Balaban J connectivity index is 1.87. The molecule has 0 unspecified atom stereocenters. The van der Waals surface area contributed by atoms with Crippen molar-refractivity contribution >= 4 is 21.6 Å². The molecule has 0 saturated carbocycles. The molecule has 162 valence electrons. The average molecular weight is 435 g/mol. The molecule has 30 heavy (non-hydrogen) atoms. The number of nitrogens with zero attached hydrogens (tertiary/aromatic N) is 1. The molecule has 0 atom stereocenters. The molecule has 0 aromatic heterocycles. The summed E-state index contributed by atoms with van der Waals surface area (Å²) in [6.45, 7) is 4.65. The number of carbonyl (C=O) groups excluding carboxylic acids is 1. The number of hydrogen-bond donors (Lipinski definition) is 1. The summed E-state index contributed by atoms with van der Waals surface area (Å²) >= 11 is 0. The highest BCUT2D eigenvalue weighted by Gasteiger charge is 2.27. The van der Waals surface area contributed by atoms with Crippen molar-refractivity contribution in [3.63, 3.8) is 0 Å². The van der Waals surface area contributed by atoms with Crippen LogP contribution in [0.2, 0.25) is 0 Å². The number of sulfonamides is 1. The van der Waals surface area contributed by atoms with Crippen molar-refractivity contribution < 1.29 is 22.3 Å². The van der Waals surface area contributed by atoms with Crippen molar-refractivity contribution in [2.45, 2.75) is 50.5 Å². The average Bonchev–Trinajstić information content (AvgIpc) is 2.71. The molecule has 1 heterocycles. The predicted molar refractivity (Wildman–Crippen MR) is 114 cm³/mol. The Morgan fingerprint density at radius 1 is 1.13 bits per heavy atom. The Bertz CT molecular complexity index is 1000. The second-order valence-corrected chi connectivity index (χ2v) is 9.54. The van der Waals surface area contributed by atoms with Crippen molar-refractivity contribution in [1.82, 2.24) is 4.31 Å². The standard InChI is InChI=1S/C22H27FN2O4S/c1-16(2)29-21-11-10-18(30(27,28)25-12-6-3-7-13-25)15-20(21)24-22(26)14-17-8-4-5-9-19(17)23/h4-5,8-11,15-16H,3,6-7,12-14H2,1-2H3,(H,24,26). The minimum Gasteiger partial charge on any atom is -0.489 e. The van der Waals surface area contributed by atoms with E-state index in [2.05, 4.69) is 5.32 Å². The number of amides is 1. The van der Waals surface area contributed by atoms with Crippen molar-refractivity contribution in [3.8, 4) is 5.75 Å². The first-order valence-corrected chi connectivity index (χ1v) is 11.6. The van der Waals surface area contributed by atoms with Crippen LogP contribution in [0.15, 0.2) is 47.4 Å². The van der Waals surface area contributed by atoms with Crippen LogP contribution in [0, 0.1) is 5.82 Å². The van der Waals surface area contributed by atoms with Crippen LogP contribution in [0.1, 0.15) is 38.7 Å². The third kappa shape index (κ3) is 5.37. The first-order valence-electron chi connectivity index (χ1n) is 10.1. The number of halogens is 1. The summed E-state index contributed by atoms with van der Waals surface area (Å²) in [5, 5.41) is 2.69. The van der Waals surface area contributed by atoms with Gasteiger partial charge in [-0.2, -0.15) is 4.31 Å². The maximum absolute atomic E-state index is 13.9. The van der Waals surface area contributed by atoms with Crippen LogP contribution in [0.25, 0.3) is 0 Å². The van der Waals surface area contributed by atoms with Gasteiger partial charge in [-0.15, -0.1) is 0 Å². The number of benzene rings is 2. The molecule has 1 fully saturated rings. The number of nitrogens with one attached hydrogen (secondary N) is 1. The monoisotopic (exact) mass is 434 g/mol. The first kappa shape index (κ1) is 22.2. The normalized spacial score (nSPS) is 15.2. The molecule has 0 spiro atoms. The highest BCUT2D eigenvalue weighted by molar-refractivity contribution is 7.89. The molecule has 0 aliphatic carbocycles. The molecule has 6 nitrogen and oxygen atoms in total. The quantitative estimate of drug-likeness (QED) is 0.716. The number of hydrogen-bond acceptors (Lipinski definition) is 4. The van der Waals surface area contributed by atoms with Gasteiger partial charge in [0.2, 0.25) is 15.9 Å². The third-order valence-corrected chi connectivity index (χ3v) is 6.74. The number of rotatable bonds is 7. The van der Waals surface area contributed by atoms with Gasteiger partial charge in [0.1, 0.15) is 11.6 Å². The lowest BCUT2D eigenvalue weighted by atomic mass is 10.1. The van der Waals surface area contributed by atoms with Crippen molar-refractivity contribution in [1.29, 1.82) is 0 Å². The van der Waals surface area contributed by atoms with Crippen molar-refractivity contribution in [3.05, 3.63) is 53.8 Å². The third-order valence-electron chi connectivity index (χ3n) is 4.85. The molecule has 2 aromatic rings. The summed E-state index contributed by atoms with van der Waals surface area (Å²) in [4.78, 5) is 12.6. The first-order chi connectivity index (χ1) is 14.3. The van der Waals surface area contributed by atoms with E-state index in [4.69, 9.17) is 4.74 Å². The minimum atomic E-state index is -3.66. The van der Waals surface area contributed by atoms with Gasteiger partial charge in [0.15, 0.2) is 0 Å². The van der Waals surface area contributed by atoms with E-state index < -0.39 is 21.7 Å². The molecule has 1 amide bonds. The molecule has 1 N–H and O–H groups in total. The Morgan fingerprint density at radius 3 is 2.50 bits per heavy atom. The summed E-state index contributed by atoms with van der Waals surface area (Å²) in [6, 6.07) is 10.5. The van der Waals surface area contributed by atoms with E-state index in [9.17, 15) is 17.6 Å². The van der Waals surface area contributed by atoms with Gasteiger partial charge in [0.25, 0.3) is 0 Å². The number of carbonyl (C=O) groups is 1. The Hall–Kier alpha value is -2.45. The minimum absolute atomic E-state index is 0.0988. The van der Waals surface area contributed by atoms with Gasteiger partial charge in [-0.25, -0.2) is 12.8 Å². The van der Waals surface area contributed by atoms with E-state index in [0.717, 1.165) is 19.3 Å². The van der Waals surface area contributed by atoms with Crippen LogP contribution < -0.4 is 10.1 Å². The second kappa shape index (κ2) is 9.57. The maximum atomic E-state index is 13.9. The van der Waals surface area contributed by atoms with Gasteiger partial charge in [-0.3, -0.25) is 4.79 Å². The fraction of sp³-hybridized carbons (Fsp3) is 0.409. The molecule has 8 heteroatoms. The maximum Gasteiger partial charge on any atom is 0.243 e. The van der Waals surface area contributed by atoms with Gasteiger partial charge in [0, 0.05) is 13.1 Å². The Morgan fingerprint density at radius 2 is 1.83 bits per heavy atom. The van der Waals surface area contributed by atoms with Gasteiger partial charge in [-0.1, -0.05) is 24.6 Å². The van der Waals surface area contributed by atoms with E-state index >= 15 is 0 Å². The lowest BCUT2D eigenvalue weighted by molar-refractivity contribution is -0.115. The fourth-order valence-electron chi connectivity index (χ4n) is 3.39. The molecule has 1 aliphatic rings. The summed E-state index contributed by atoms with van der Waals surface area (Å²) in [7, 11) is -3.66. The molecule has 1 aliphatic heterocycles. The lowest BCUT2D eigenvalue weighted by Crippen LogP contribution is -2.35. The highest BCUT2D eigenvalue weighted by atomic mass is 32.2. The van der Waals surface area contributed by atoms with Crippen LogP contribution in [0.3, 0.4) is 0 Å². The smallest absolute Gasteiger partial charge is 0.243 e. The molecule has 0 bridgehead atoms. The van der Waals surface area contributed by atoms with Crippen molar-refractivity contribution in [2.75, 3.05) is 18.4 Å². The molecule has 3 rings (SSSR count). The molecule has 0 radical (unpaired) electrons. The van der Waals surface area contributed by atoms with Crippen LogP contribution in [0.4, 0.5) is 10.1 Å². The zero-order valence-corrected chi connectivity index (χ0v) is 18.0. The van der Waals surface area contributed by atoms with Crippen molar-refractivity contribution in [2.24, 2.45) is 0 Å². The summed E-state index contributed by atoms with van der Waals surface area (Å²) in [5.74, 6) is -0.557. The summed E-state index contributed by atoms with van der Waals surface area (Å²) in [6.07, 6.45) is 2.35. The lowest BCUT2D eigenvalue weighted by Gasteiger charge is -2.26. The Kier molecular flexibility index (Phi) is 7.10. The van der Waals surface area contributed by atoms with Gasteiger partial charge in [-0.05, 0) is 56.5 Å². The van der Waals surface area contributed by atoms with Gasteiger partial charge >= 0.3 is 0 Å². The topological polar surface area (TPSA) is 75.7 Å². The molecular formula is C22H27FN2O4S. The van der Waals surface area contributed by atoms with Gasteiger partial charge < -0.3 is 10.1 Å². The highest BCUT2D eigenvalue weighted by Crippen LogP contribution is 2.31. The molecular weight excluding hydrogens is 407 g/mol. The molecule has 2 aromatic carbocycles. The van der Waals surface area contributed by atoms with Gasteiger partial charge in [0.05, 0.1) is 23.1 Å². The van der Waals surface area contributed by atoms with Crippen LogP contribution in [-0.2, 0) is 21.2 Å². The van der Waals surface area contributed by atoms with Crippen LogP contribution in [-0.4, -0.2) is 37.8 Å². The van der Waals surface area contributed by atoms with E-state index in [1.165, 1.54) is 28.6 Å².